The molecule has 0 saturated carbocycles. The van der Waals surface area contributed by atoms with Crippen molar-refractivity contribution < 1.29 is 13.6 Å². The van der Waals surface area contributed by atoms with E-state index in [1.807, 2.05) is 25.1 Å². The van der Waals surface area contributed by atoms with Crippen molar-refractivity contribution in [2.24, 2.45) is 0 Å². The van der Waals surface area contributed by atoms with Crippen molar-refractivity contribution in [2.45, 2.75) is 6.92 Å². The molecule has 0 fully saturated rings. The van der Waals surface area contributed by atoms with E-state index >= 15 is 0 Å². The topological polar surface area (TPSA) is 81.2 Å². The summed E-state index contributed by atoms with van der Waals surface area (Å²) in [6, 6.07) is 8.90. The average molecular weight is 394 g/mol. The van der Waals surface area contributed by atoms with Gasteiger partial charge in [-0.3, -0.25) is 10.1 Å². The number of aryl methyl sites for hydroxylation is 1. The molecule has 1 aromatic carbocycles. The molecular formula is C16H9Cl2N3O3S. The van der Waals surface area contributed by atoms with Crippen molar-refractivity contribution >= 4 is 57.4 Å². The van der Waals surface area contributed by atoms with Crippen LogP contribution in [0.1, 0.15) is 16.1 Å². The lowest BCUT2D eigenvalue weighted by Crippen LogP contribution is -2.10. The van der Waals surface area contributed by atoms with Crippen LogP contribution in [0.3, 0.4) is 0 Å². The number of benzene rings is 1. The molecule has 3 aromatic heterocycles. The Morgan fingerprint density at radius 3 is 2.76 bits per heavy atom. The lowest BCUT2D eigenvalue weighted by Gasteiger charge is -1.96. The van der Waals surface area contributed by atoms with E-state index in [0.717, 1.165) is 10.9 Å². The van der Waals surface area contributed by atoms with E-state index in [4.69, 9.17) is 32.0 Å². The van der Waals surface area contributed by atoms with Gasteiger partial charge in [-0.1, -0.05) is 46.5 Å². The SMILES string of the molecule is Cc1cccc2cc(C(=O)Nc3nnc(-c4cc(Cl)sc4Cl)o3)oc12. The summed E-state index contributed by atoms with van der Waals surface area (Å²) in [6.45, 7) is 1.91. The lowest BCUT2D eigenvalue weighted by molar-refractivity contribution is 0.0996. The number of para-hydroxylation sites is 1. The van der Waals surface area contributed by atoms with Crippen molar-refractivity contribution in [3.05, 3.63) is 50.3 Å². The summed E-state index contributed by atoms with van der Waals surface area (Å²) in [6.07, 6.45) is 0. The number of aromatic nitrogens is 2. The molecule has 9 heteroatoms. The summed E-state index contributed by atoms with van der Waals surface area (Å²) in [5, 5.41) is 11.0. The summed E-state index contributed by atoms with van der Waals surface area (Å²) in [5.74, 6) is -0.162. The van der Waals surface area contributed by atoms with Crippen LogP contribution in [0.5, 0.6) is 0 Å². The number of hydrogen-bond acceptors (Lipinski definition) is 6. The van der Waals surface area contributed by atoms with Gasteiger partial charge in [-0.15, -0.1) is 16.4 Å². The van der Waals surface area contributed by atoms with Gasteiger partial charge in [-0.25, -0.2) is 0 Å². The Labute approximate surface area is 155 Å². The normalized spacial score (nSPS) is 11.2. The molecule has 25 heavy (non-hydrogen) atoms. The third kappa shape index (κ3) is 3.02. The molecule has 0 bridgehead atoms. The fourth-order valence-corrected chi connectivity index (χ4v) is 3.80. The van der Waals surface area contributed by atoms with Gasteiger partial charge in [0.2, 0.25) is 0 Å². The lowest BCUT2D eigenvalue weighted by atomic mass is 10.2. The molecule has 1 amide bonds. The highest BCUT2D eigenvalue weighted by atomic mass is 35.5. The number of nitrogens with one attached hydrogen (secondary N) is 1. The zero-order valence-electron chi connectivity index (χ0n) is 12.7. The van der Waals surface area contributed by atoms with Crippen LogP contribution in [0.4, 0.5) is 6.01 Å². The molecule has 0 atom stereocenters. The van der Waals surface area contributed by atoms with E-state index < -0.39 is 5.91 Å². The van der Waals surface area contributed by atoms with Gasteiger partial charge >= 0.3 is 6.01 Å². The van der Waals surface area contributed by atoms with Crippen LogP contribution in [0.15, 0.2) is 39.2 Å². The van der Waals surface area contributed by atoms with E-state index in [0.29, 0.717) is 19.8 Å². The van der Waals surface area contributed by atoms with Crippen LogP contribution in [0.2, 0.25) is 8.67 Å². The minimum absolute atomic E-state index is 0.0597. The third-order valence-electron chi connectivity index (χ3n) is 3.50. The standard InChI is InChI=1S/C16H9Cl2N3O3S/c1-7-3-2-4-8-5-10(23-12(7)8)14(22)19-16-21-20-15(24-16)9-6-11(17)25-13(9)18/h2-6H,1H3,(H,19,21,22). The molecule has 0 radical (unpaired) electrons. The van der Waals surface area contributed by atoms with Gasteiger partial charge in [0.25, 0.3) is 11.8 Å². The smallest absolute Gasteiger partial charge is 0.322 e. The minimum Gasteiger partial charge on any atom is -0.451 e. The highest BCUT2D eigenvalue weighted by molar-refractivity contribution is 7.20. The predicted octanol–water partition coefficient (Wildman–Crippen LogP) is 5.41. The van der Waals surface area contributed by atoms with Gasteiger partial charge in [-0.2, -0.15) is 0 Å². The number of hydrogen-bond donors (Lipinski definition) is 1. The van der Waals surface area contributed by atoms with Crippen molar-refractivity contribution in [3.8, 4) is 11.5 Å². The Bertz CT molecular complexity index is 1100. The number of amides is 1. The number of carbonyl (C=O) groups excluding carboxylic acids is 1. The van der Waals surface area contributed by atoms with Crippen LogP contribution < -0.4 is 5.32 Å². The van der Waals surface area contributed by atoms with Crippen molar-refractivity contribution in [2.75, 3.05) is 5.32 Å². The number of fused-ring (bicyclic) bond motifs is 1. The predicted molar refractivity (Wildman–Crippen MR) is 96.5 cm³/mol. The van der Waals surface area contributed by atoms with Gasteiger partial charge in [0, 0.05) is 5.39 Å². The van der Waals surface area contributed by atoms with E-state index in [-0.39, 0.29) is 17.7 Å². The van der Waals surface area contributed by atoms with E-state index in [1.165, 1.54) is 11.3 Å². The summed E-state index contributed by atoms with van der Waals surface area (Å²) >= 11 is 13.1. The molecule has 0 aliphatic rings. The number of furan rings is 1. The first kappa shape index (κ1) is 16.1. The monoisotopic (exact) mass is 393 g/mol. The Kier molecular flexibility index (Phi) is 3.99. The molecule has 126 valence electrons. The Balaban J connectivity index is 1.58. The summed E-state index contributed by atoms with van der Waals surface area (Å²) in [4.78, 5) is 12.3. The Morgan fingerprint density at radius 2 is 2.04 bits per heavy atom. The van der Waals surface area contributed by atoms with Crippen LogP contribution in [-0.4, -0.2) is 16.1 Å². The fourth-order valence-electron chi connectivity index (χ4n) is 2.35. The quantitative estimate of drug-likeness (QED) is 0.502. The van der Waals surface area contributed by atoms with Gasteiger partial charge in [0.15, 0.2) is 5.76 Å². The molecule has 0 unspecified atom stereocenters. The molecule has 0 aliphatic carbocycles. The van der Waals surface area contributed by atoms with Crippen LogP contribution in [-0.2, 0) is 0 Å². The van der Waals surface area contributed by atoms with Crippen molar-refractivity contribution in [1.82, 2.24) is 10.2 Å². The number of anilines is 1. The minimum atomic E-state index is -0.486. The number of thiophene rings is 1. The Morgan fingerprint density at radius 1 is 1.20 bits per heavy atom. The first-order chi connectivity index (χ1) is 12.0. The molecule has 4 rings (SSSR count). The molecule has 0 spiro atoms. The fraction of sp³-hybridized carbons (Fsp3) is 0.0625. The van der Waals surface area contributed by atoms with Gasteiger partial charge < -0.3 is 8.83 Å². The number of nitrogens with zero attached hydrogens (tertiary/aromatic N) is 2. The van der Waals surface area contributed by atoms with Crippen molar-refractivity contribution in [1.29, 1.82) is 0 Å². The number of halogens is 2. The zero-order chi connectivity index (χ0) is 17.6. The Hall–Kier alpha value is -2.35. The first-order valence-corrected chi connectivity index (χ1v) is 8.68. The maximum Gasteiger partial charge on any atom is 0.322 e. The van der Waals surface area contributed by atoms with Gasteiger partial charge in [-0.05, 0) is 24.6 Å². The van der Waals surface area contributed by atoms with E-state index in [2.05, 4.69) is 15.5 Å². The van der Waals surface area contributed by atoms with Gasteiger partial charge in [0.1, 0.15) is 9.92 Å². The molecule has 0 aliphatic heterocycles. The number of rotatable bonds is 3. The highest BCUT2D eigenvalue weighted by Crippen LogP contribution is 2.37. The summed E-state index contributed by atoms with van der Waals surface area (Å²) in [7, 11) is 0. The molecular weight excluding hydrogens is 385 g/mol. The molecule has 1 N–H and O–H groups in total. The number of carbonyl (C=O) groups is 1. The second kappa shape index (κ2) is 6.18. The van der Waals surface area contributed by atoms with E-state index in [9.17, 15) is 4.79 Å². The second-order valence-electron chi connectivity index (χ2n) is 5.21. The maximum atomic E-state index is 12.3. The largest absolute Gasteiger partial charge is 0.451 e. The second-order valence-corrected chi connectivity index (χ2v) is 7.49. The summed E-state index contributed by atoms with van der Waals surface area (Å²) < 4.78 is 12.0. The third-order valence-corrected chi connectivity index (χ3v) is 4.98. The van der Waals surface area contributed by atoms with Gasteiger partial charge in [0.05, 0.1) is 9.90 Å². The average Bonchev–Trinajstić information content (AvgIpc) is 3.26. The van der Waals surface area contributed by atoms with Crippen LogP contribution >= 0.6 is 34.5 Å². The highest BCUT2D eigenvalue weighted by Gasteiger charge is 2.19. The maximum absolute atomic E-state index is 12.3. The molecule has 0 saturated heterocycles. The first-order valence-electron chi connectivity index (χ1n) is 7.10. The molecule has 3 heterocycles. The molecule has 4 aromatic rings. The van der Waals surface area contributed by atoms with Crippen LogP contribution in [0, 0.1) is 6.92 Å². The molecule has 6 nitrogen and oxygen atoms in total. The van der Waals surface area contributed by atoms with Crippen molar-refractivity contribution in [3.63, 3.8) is 0 Å². The zero-order valence-corrected chi connectivity index (χ0v) is 15.0. The van der Waals surface area contributed by atoms with Crippen LogP contribution in [0.25, 0.3) is 22.4 Å². The summed E-state index contributed by atoms with van der Waals surface area (Å²) in [5.41, 5.74) is 2.13. The van der Waals surface area contributed by atoms with E-state index in [1.54, 1.807) is 12.1 Å².